The first kappa shape index (κ1) is 25.4. The van der Waals surface area contributed by atoms with Crippen molar-refractivity contribution >= 4 is 27.7 Å². The van der Waals surface area contributed by atoms with E-state index >= 15 is 0 Å². The summed E-state index contributed by atoms with van der Waals surface area (Å²) < 4.78 is 49.8. The molecule has 0 radical (unpaired) electrons. The number of rotatable bonds is 7. The highest BCUT2D eigenvalue weighted by atomic mass is 79.9. The van der Waals surface area contributed by atoms with Gasteiger partial charge in [-0.2, -0.15) is 18.3 Å². The molecule has 2 aliphatic heterocycles. The number of alkyl halides is 3. The van der Waals surface area contributed by atoms with Crippen molar-refractivity contribution in [3.8, 4) is 5.75 Å². The van der Waals surface area contributed by atoms with Crippen molar-refractivity contribution in [2.45, 2.75) is 50.6 Å². The smallest absolute Gasteiger partial charge is 0.434 e. The molecule has 14 heteroatoms. The number of aromatic amines is 1. The molecule has 2 aromatic heterocycles. The van der Waals surface area contributed by atoms with Crippen molar-refractivity contribution in [3.63, 3.8) is 0 Å². The maximum absolute atomic E-state index is 12.9. The molecular formula is C21H24BrF3N6O4. The lowest BCUT2D eigenvalue weighted by atomic mass is 10.0. The van der Waals surface area contributed by atoms with Crippen LogP contribution in [-0.2, 0) is 15.7 Å². The third-order valence-electron chi connectivity index (χ3n) is 5.97. The number of ether oxygens (including phenoxy) is 2. The summed E-state index contributed by atoms with van der Waals surface area (Å²) in [7, 11) is 0. The maximum atomic E-state index is 12.9. The highest BCUT2D eigenvalue weighted by Crippen LogP contribution is 2.29. The van der Waals surface area contributed by atoms with E-state index in [4.69, 9.17) is 9.47 Å². The molecule has 2 aromatic rings. The molecule has 4 rings (SSSR count). The van der Waals surface area contributed by atoms with Gasteiger partial charge in [-0.15, -0.1) is 0 Å². The molecule has 2 unspecified atom stereocenters. The Labute approximate surface area is 207 Å². The first-order chi connectivity index (χ1) is 16.6. The van der Waals surface area contributed by atoms with Crippen LogP contribution in [0.5, 0.6) is 5.75 Å². The number of nitrogens with one attached hydrogen (secondary N) is 1. The van der Waals surface area contributed by atoms with Gasteiger partial charge in [-0.1, -0.05) is 0 Å². The van der Waals surface area contributed by atoms with E-state index in [1.54, 1.807) is 6.92 Å². The zero-order valence-corrected chi connectivity index (χ0v) is 20.4. The highest BCUT2D eigenvalue weighted by molar-refractivity contribution is 9.10. The van der Waals surface area contributed by atoms with Gasteiger partial charge in [0.05, 0.1) is 25.2 Å². The summed E-state index contributed by atoms with van der Waals surface area (Å²) in [4.78, 5) is 35.6. The van der Waals surface area contributed by atoms with Crippen molar-refractivity contribution in [3.05, 3.63) is 39.1 Å². The van der Waals surface area contributed by atoms with Gasteiger partial charge in [-0.25, -0.2) is 15.1 Å². The molecule has 2 fully saturated rings. The molecule has 35 heavy (non-hydrogen) atoms. The van der Waals surface area contributed by atoms with Crippen LogP contribution in [0.3, 0.4) is 0 Å². The summed E-state index contributed by atoms with van der Waals surface area (Å²) in [5.74, 6) is 0.597. The van der Waals surface area contributed by atoms with Crippen LogP contribution < -0.4 is 15.2 Å². The minimum absolute atomic E-state index is 0.0292. The fraction of sp³-hybridized carbons (Fsp3) is 0.571. The quantitative estimate of drug-likeness (QED) is 0.549. The van der Waals surface area contributed by atoms with E-state index in [0.717, 1.165) is 12.4 Å². The van der Waals surface area contributed by atoms with E-state index < -0.39 is 29.6 Å². The van der Waals surface area contributed by atoms with Crippen molar-refractivity contribution in [2.24, 2.45) is 0 Å². The maximum Gasteiger partial charge on any atom is 0.434 e. The molecular weight excluding hydrogens is 537 g/mol. The Hall–Kier alpha value is -2.74. The van der Waals surface area contributed by atoms with Crippen LogP contribution in [0, 0.1) is 0 Å². The fourth-order valence-electron chi connectivity index (χ4n) is 4.18. The lowest BCUT2D eigenvalue weighted by Crippen LogP contribution is -2.47. The van der Waals surface area contributed by atoms with Crippen LogP contribution in [0.4, 0.5) is 19.0 Å². The van der Waals surface area contributed by atoms with Crippen molar-refractivity contribution in [1.82, 2.24) is 25.1 Å². The Bertz CT molecular complexity index is 1090. The number of anilines is 1. The van der Waals surface area contributed by atoms with E-state index in [9.17, 15) is 22.8 Å². The zero-order valence-electron chi connectivity index (χ0n) is 18.8. The highest BCUT2D eigenvalue weighted by Gasteiger charge is 2.38. The van der Waals surface area contributed by atoms with E-state index in [2.05, 4.69) is 36.1 Å². The Morgan fingerprint density at radius 3 is 2.54 bits per heavy atom. The molecule has 10 nitrogen and oxygen atoms in total. The van der Waals surface area contributed by atoms with Crippen LogP contribution >= 0.6 is 15.9 Å². The predicted molar refractivity (Wildman–Crippen MR) is 121 cm³/mol. The second-order valence-electron chi connectivity index (χ2n) is 8.42. The number of piperidine rings is 1. The van der Waals surface area contributed by atoms with Crippen LogP contribution in [0.25, 0.3) is 0 Å². The summed E-state index contributed by atoms with van der Waals surface area (Å²) in [6.07, 6.45) is -0.342. The monoisotopic (exact) mass is 560 g/mol. The molecule has 0 aliphatic carbocycles. The molecule has 0 aromatic carbocycles. The molecule has 0 bridgehead atoms. The van der Waals surface area contributed by atoms with Crippen molar-refractivity contribution in [2.75, 3.05) is 31.1 Å². The number of H-pyrrole nitrogens is 1. The first-order valence-electron chi connectivity index (χ1n) is 11.1. The lowest BCUT2D eigenvalue weighted by molar-refractivity contribution is -0.141. The van der Waals surface area contributed by atoms with Gasteiger partial charge in [0.25, 0.3) is 11.5 Å². The molecule has 2 aliphatic rings. The second kappa shape index (κ2) is 10.5. The average Bonchev–Trinajstić information content (AvgIpc) is 3.20. The van der Waals surface area contributed by atoms with E-state index in [-0.39, 0.29) is 28.8 Å². The van der Waals surface area contributed by atoms with Gasteiger partial charge in [0.15, 0.2) is 11.4 Å². The van der Waals surface area contributed by atoms with Gasteiger partial charge >= 0.3 is 6.18 Å². The predicted octanol–water partition coefficient (Wildman–Crippen LogP) is 2.39. The number of carbonyl (C=O) groups excluding carboxylic acids is 1. The number of hydrogen-bond donors (Lipinski definition) is 1. The fourth-order valence-corrected chi connectivity index (χ4v) is 4.47. The third kappa shape index (κ3) is 5.92. The van der Waals surface area contributed by atoms with Gasteiger partial charge in [-0.3, -0.25) is 9.59 Å². The number of amides is 1. The topological polar surface area (TPSA) is 114 Å². The molecule has 0 spiro atoms. The lowest BCUT2D eigenvalue weighted by Gasteiger charge is -2.37. The van der Waals surface area contributed by atoms with Crippen LogP contribution in [0.1, 0.15) is 31.9 Å². The summed E-state index contributed by atoms with van der Waals surface area (Å²) in [6.45, 7) is 3.63. The van der Waals surface area contributed by atoms with Crippen molar-refractivity contribution in [1.29, 1.82) is 0 Å². The normalized spacial score (nSPS) is 20.4. The largest absolute Gasteiger partial charge is 0.485 e. The molecule has 1 amide bonds. The molecule has 2 saturated heterocycles. The SMILES string of the molecule is CC(COC1CCN(C2CCN(c3cnc(C(F)(F)F)cn3)CC2)C1=O)Oc1cn[nH]c(=O)c1Br. The summed E-state index contributed by atoms with van der Waals surface area (Å²) in [5.41, 5.74) is -1.43. The van der Waals surface area contributed by atoms with Gasteiger partial charge in [0.2, 0.25) is 0 Å². The van der Waals surface area contributed by atoms with Crippen molar-refractivity contribution < 1.29 is 27.4 Å². The number of halogens is 4. The Kier molecular flexibility index (Phi) is 7.59. The second-order valence-corrected chi connectivity index (χ2v) is 9.22. The molecule has 0 saturated carbocycles. The summed E-state index contributed by atoms with van der Waals surface area (Å²) >= 11 is 3.15. The Morgan fingerprint density at radius 1 is 1.14 bits per heavy atom. The summed E-state index contributed by atoms with van der Waals surface area (Å²) in [6, 6.07) is 0.0292. The van der Waals surface area contributed by atoms with Gasteiger partial charge in [0.1, 0.15) is 22.5 Å². The standard InChI is InChI=1S/C21H24BrF3N6O4/c1-12(35-15-8-28-29-19(32)18(15)22)11-34-14-4-7-31(20(14)33)13-2-5-30(6-3-13)17-10-26-16(9-27-17)21(23,24)25/h8-10,12-14H,2-7,11H2,1H3,(H,29,32). The average molecular weight is 561 g/mol. The number of aromatic nitrogens is 4. The Balaban J connectivity index is 1.24. The minimum Gasteiger partial charge on any atom is -0.485 e. The minimum atomic E-state index is -4.52. The van der Waals surface area contributed by atoms with Gasteiger partial charge in [-0.05, 0) is 35.7 Å². The molecule has 4 heterocycles. The molecule has 190 valence electrons. The van der Waals surface area contributed by atoms with Gasteiger partial charge in [0, 0.05) is 32.1 Å². The number of hydrogen-bond acceptors (Lipinski definition) is 8. The number of carbonyl (C=O) groups is 1. The van der Waals surface area contributed by atoms with Crippen LogP contribution in [-0.4, -0.2) is 75.5 Å². The first-order valence-corrected chi connectivity index (χ1v) is 11.9. The number of nitrogens with zero attached hydrogens (tertiary/aromatic N) is 5. The van der Waals surface area contributed by atoms with E-state index in [1.807, 2.05) is 9.80 Å². The third-order valence-corrected chi connectivity index (χ3v) is 6.72. The zero-order chi connectivity index (χ0) is 25.2. The van der Waals surface area contributed by atoms with Crippen LogP contribution in [0.15, 0.2) is 27.9 Å². The Morgan fingerprint density at radius 2 is 1.89 bits per heavy atom. The number of likely N-dealkylation sites (tertiary alicyclic amines) is 1. The molecule has 2 atom stereocenters. The van der Waals surface area contributed by atoms with Crippen LogP contribution in [0.2, 0.25) is 0 Å². The summed E-state index contributed by atoms with van der Waals surface area (Å²) in [5, 5.41) is 5.98. The van der Waals surface area contributed by atoms with Gasteiger partial charge < -0.3 is 19.3 Å². The van der Waals surface area contributed by atoms with E-state index in [1.165, 1.54) is 6.20 Å². The van der Waals surface area contributed by atoms with E-state index in [0.29, 0.717) is 44.7 Å². The molecule has 1 N–H and O–H groups in total.